The maximum atomic E-state index is 12.5. The van der Waals surface area contributed by atoms with Crippen LogP contribution in [0.4, 0.5) is 0 Å². The minimum atomic E-state index is -0.0278. The smallest absolute Gasteiger partial charge is 0.158 e. The molecule has 1 saturated carbocycles. The third kappa shape index (κ3) is 4.00. The maximum absolute atomic E-state index is 12.5. The van der Waals surface area contributed by atoms with Crippen LogP contribution < -0.4 is 0 Å². The molecule has 0 N–H and O–H groups in total. The van der Waals surface area contributed by atoms with Gasteiger partial charge in [0.1, 0.15) is 0 Å². The molecule has 2 heterocycles. The molecule has 3 fully saturated rings. The van der Waals surface area contributed by atoms with Crippen LogP contribution in [-0.4, -0.2) is 29.2 Å². The Kier molecular flexibility index (Phi) is 5.76. The Labute approximate surface area is 147 Å². The van der Waals surface area contributed by atoms with Crippen molar-refractivity contribution in [2.75, 3.05) is 0 Å². The van der Waals surface area contributed by atoms with E-state index >= 15 is 0 Å². The fourth-order valence-electron chi connectivity index (χ4n) is 4.15. The second-order valence-electron chi connectivity index (χ2n) is 8.25. The van der Waals surface area contributed by atoms with Crippen molar-refractivity contribution >= 4 is 5.78 Å². The Hall–Kier alpha value is -0.930. The normalized spacial score (nSPS) is 42.5. The van der Waals surface area contributed by atoms with E-state index in [-0.39, 0.29) is 29.0 Å². The third-order valence-corrected chi connectivity index (χ3v) is 6.17. The lowest BCUT2D eigenvalue weighted by Crippen LogP contribution is -2.21. The Morgan fingerprint density at radius 1 is 1.00 bits per heavy atom. The molecule has 0 spiro atoms. The lowest BCUT2D eigenvalue weighted by molar-refractivity contribution is -0.116. The highest BCUT2D eigenvalue weighted by Gasteiger charge is 2.56. The first-order chi connectivity index (χ1) is 11.3. The van der Waals surface area contributed by atoms with Gasteiger partial charge in [-0.15, -0.1) is 13.2 Å². The van der Waals surface area contributed by atoms with E-state index in [9.17, 15) is 4.79 Å². The van der Waals surface area contributed by atoms with Crippen LogP contribution in [0.2, 0.25) is 0 Å². The number of epoxide rings is 2. The molecule has 0 amide bonds. The van der Waals surface area contributed by atoms with Crippen LogP contribution in [0.3, 0.4) is 0 Å². The van der Waals surface area contributed by atoms with Crippen LogP contribution >= 0.6 is 0 Å². The molecule has 3 rings (SSSR count). The predicted octanol–water partition coefficient (Wildman–Crippen LogP) is 4.86. The van der Waals surface area contributed by atoms with E-state index in [1.807, 2.05) is 0 Å². The van der Waals surface area contributed by atoms with E-state index in [0.717, 1.165) is 37.7 Å². The minimum Gasteiger partial charge on any atom is -0.366 e. The van der Waals surface area contributed by atoms with Gasteiger partial charge in [-0.05, 0) is 63.4 Å². The van der Waals surface area contributed by atoms with Crippen LogP contribution in [0.1, 0.15) is 66.2 Å². The van der Waals surface area contributed by atoms with Crippen molar-refractivity contribution in [3.05, 3.63) is 25.3 Å². The molecule has 136 valence electrons. The Balaban J connectivity index is 0.00000100. The van der Waals surface area contributed by atoms with Gasteiger partial charge in [0.15, 0.2) is 5.78 Å². The van der Waals surface area contributed by atoms with Gasteiger partial charge in [0.2, 0.25) is 0 Å². The van der Waals surface area contributed by atoms with Gasteiger partial charge in [-0.2, -0.15) is 0 Å². The highest BCUT2D eigenvalue weighted by molar-refractivity contribution is 5.95. The van der Waals surface area contributed by atoms with Crippen LogP contribution in [0.5, 0.6) is 0 Å². The van der Waals surface area contributed by atoms with Crippen LogP contribution in [0, 0.1) is 11.8 Å². The summed E-state index contributed by atoms with van der Waals surface area (Å²) in [6.45, 7) is 18.9. The van der Waals surface area contributed by atoms with Gasteiger partial charge >= 0.3 is 0 Å². The molecule has 1 aliphatic carbocycles. The molecule has 24 heavy (non-hydrogen) atoms. The number of ether oxygens (including phenoxy) is 2. The van der Waals surface area contributed by atoms with Crippen molar-refractivity contribution in [3.63, 3.8) is 0 Å². The van der Waals surface area contributed by atoms with E-state index in [1.54, 1.807) is 0 Å². The number of carbonyl (C=O) groups is 1. The van der Waals surface area contributed by atoms with E-state index in [1.165, 1.54) is 0 Å². The average Bonchev–Trinajstić information content (AvgIpc) is 3.40. The van der Waals surface area contributed by atoms with Crippen molar-refractivity contribution < 1.29 is 14.3 Å². The highest BCUT2D eigenvalue weighted by atomic mass is 16.6. The first-order valence-corrected chi connectivity index (χ1v) is 9.33. The summed E-state index contributed by atoms with van der Waals surface area (Å²) in [7, 11) is 0. The number of carbonyl (C=O) groups excluding carboxylic acids is 1. The van der Waals surface area contributed by atoms with E-state index in [2.05, 4.69) is 47.4 Å². The molecule has 5 atom stereocenters. The fraction of sp³-hybridized carbons (Fsp3) is 0.762. The number of hydrogen-bond acceptors (Lipinski definition) is 3. The molecule has 0 bridgehead atoms. The van der Waals surface area contributed by atoms with Gasteiger partial charge in [0, 0.05) is 6.42 Å². The first-order valence-electron chi connectivity index (χ1n) is 9.33. The number of Topliss-reactive ketones (excluding diaryl/α,β-unsaturated/α-hetero) is 1. The summed E-state index contributed by atoms with van der Waals surface area (Å²) in [6.07, 6.45) is 6.17. The number of fused-ring (bicyclic) bond motifs is 2. The van der Waals surface area contributed by atoms with Crippen LogP contribution in [0.25, 0.3) is 0 Å². The fourth-order valence-corrected chi connectivity index (χ4v) is 4.15. The maximum Gasteiger partial charge on any atom is 0.158 e. The third-order valence-electron chi connectivity index (χ3n) is 6.17. The summed E-state index contributed by atoms with van der Waals surface area (Å²) < 4.78 is 11.9. The zero-order chi connectivity index (χ0) is 18.1. The predicted molar refractivity (Wildman–Crippen MR) is 98.0 cm³/mol. The Bertz CT molecular complexity index is 497. The topological polar surface area (TPSA) is 42.1 Å². The van der Waals surface area contributed by atoms with E-state index < -0.39 is 0 Å². The molecule has 0 radical (unpaired) electrons. The molecule has 3 nitrogen and oxygen atoms in total. The van der Waals surface area contributed by atoms with Crippen molar-refractivity contribution in [1.82, 2.24) is 0 Å². The van der Waals surface area contributed by atoms with Crippen molar-refractivity contribution in [3.8, 4) is 0 Å². The number of hydrogen-bond donors (Lipinski definition) is 0. The van der Waals surface area contributed by atoms with Gasteiger partial charge in [-0.1, -0.05) is 20.4 Å². The average molecular weight is 335 g/mol. The summed E-state index contributed by atoms with van der Waals surface area (Å²) in [5.74, 6) is 0.959. The van der Waals surface area contributed by atoms with Crippen molar-refractivity contribution in [2.45, 2.75) is 89.6 Å². The molecule has 3 heteroatoms. The zero-order valence-corrected chi connectivity index (χ0v) is 15.9. The Morgan fingerprint density at radius 3 is 2.04 bits per heavy atom. The molecule has 0 aromatic heterocycles. The number of ketones is 1. The van der Waals surface area contributed by atoms with Gasteiger partial charge in [0.25, 0.3) is 0 Å². The summed E-state index contributed by atoms with van der Waals surface area (Å²) in [5, 5.41) is 0. The van der Waals surface area contributed by atoms with Crippen molar-refractivity contribution in [2.24, 2.45) is 11.8 Å². The molecule has 2 aliphatic heterocycles. The SMILES string of the molecule is C=C.C=C1C(=O)CCC2OC2(C)CCC2OC2(C)CCC1C(C)C. The lowest BCUT2D eigenvalue weighted by Gasteiger charge is -2.23. The summed E-state index contributed by atoms with van der Waals surface area (Å²) in [5.41, 5.74) is 0.794. The summed E-state index contributed by atoms with van der Waals surface area (Å²) in [4.78, 5) is 12.5. The molecule has 0 aromatic carbocycles. The lowest BCUT2D eigenvalue weighted by atomic mass is 9.80. The van der Waals surface area contributed by atoms with E-state index in [4.69, 9.17) is 9.47 Å². The van der Waals surface area contributed by atoms with E-state index in [0.29, 0.717) is 18.4 Å². The molecule has 2 saturated heterocycles. The van der Waals surface area contributed by atoms with Gasteiger partial charge < -0.3 is 9.47 Å². The van der Waals surface area contributed by atoms with Crippen LogP contribution in [-0.2, 0) is 14.3 Å². The standard InChI is InChI=1S/C19H30O3.C2H4/c1-12(2)14-8-10-18(4)17(22-18)9-11-19(5)16(21-19)7-6-15(20)13(14)3;1-2/h12,14,16-17H,3,6-11H2,1-2,4-5H3;1-2H2. The molecular formula is C21H34O3. The zero-order valence-electron chi connectivity index (χ0n) is 15.9. The second kappa shape index (κ2) is 7.13. The van der Waals surface area contributed by atoms with Gasteiger partial charge in [-0.3, -0.25) is 4.79 Å². The van der Waals surface area contributed by atoms with Gasteiger partial charge in [-0.25, -0.2) is 0 Å². The summed E-state index contributed by atoms with van der Waals surface area (Å²) >= 11 is 0. The highest BCUT2D eigenvalue weighted by Crippen LogP contribution is 2.50. The second-order valence-corrected chi connectivity index (χ2v) is 8.25. The number of allylic oxidation sites excluding steroid dienone is 1. The van der Waals surface area contributed by atoms with Crippen molar-refractivity contribution in [1.29, 1.82) is 0 Å². The van der Waals surface area contributed by atoms with Crippen LogP contribution in [0.15, 0.2) is 25.3 Å². The summed E-state index contributed by atoms with van der Waals surface area (Å²) in [6, 6.07) is 0. The quantitative estimate of drug-likeness (QED) is 0.391. The largest absolute Gasteiger partial charge is 0.366 e. The first kappa shape index (κ1) is 19.4. The Morgan fingerprint density at radius 2 is 1.50 bits per heavy atom. The minimum absolute atomic E-state index is 0.00523. The number of rotatable bonds is 1. The molecule has 0 aromatic rings. The molecule has 5 unspecified atom stereocenters. The molecule has 3 aliphatic rings. The monoisotopic (exact) mass is 334 g/mol. The van der Waals surface area contributed by atoms with Gasteiger partial charge in [0.05, 0.1) is 23.4 Å². The molecular weight excluding hydrogens is 300 g/mol.